The molecule has 8 nitrogen and oxygen atoms in total. The van der Waals surface area contributed by atoms with Crippen LogP contribution >= 0.6 is 0 Å². The Morgan fingerprint density at radius 1 is 0.761 bits per heavy atom. The highest BCUT2D eigenvalue weighted by atomic mass is 16.5. The number of hydrogen-bond acceptors (Lipinski definition) is 6. The van der Waals surface area contributed by atoms with Gasteiger partial charge in [-0.05, 0) is 99.2 Å². The van der Waals surface area contributed by atoms with E-state index in [0.717, 1.165) is 49.3 Å². The van der Waals surface area contributed by atoms with Crippen molar-refractivity contribution in [3.05, 3.63) is 11.4 Å². The van der Waals surface area contributed by atoms with Gasteiger partial charge in [-0.15, -0.1) is 5.10 Å². The summed E-state index contributed by atoms with van der Waals surface area (Å²) < 4.78 is 19.1. The predicted octanol–water partition coefficient (Wildman–Crippen LogP) is 7.96. The van der Waals surface area contributed by atoms with Crippen LogP contribution in [0.3, 0.4) is 0 Å². The molecule has 2 aliphatic rings. The summed E-state index contributed by atoms with van der Waals surface area (Å²) in [5.41, 5.74) is 3.35. The largest absolute Gasteiger partial charge is 0.379 e. The van der Waals surface area contributed by atoms with Crippen LogP contribution in [-0.2, 0) is 38.4 Å². The number of amides is 1. The summed E-state index contributed by atoms with van der Waals surface area (Å²) in [6, 6.07) is 0. The van der Waals surface area contributed by atoms with Crippen LogP contribution in [0.4, 0.5) is 0 Å². The Bertz CT molecular complexity index is 970. The maximum atomic E-state index is 12.5. The Balaban J connectivity index is 1.22. The quantitative estimate of drug-likeness (QED) is 0.103. The first kappa shape index (κ1) is 38.9. The van der Waals surface area contributed by atoms with Gasteiger partial charge in [0.1, 0.15) is 0 Å². The molecule has 2 aliphatic carbocycles. The van der Waals surface area contributed by atoms with Crippen LogP contribution in [0.2, 0.25) is 0 Å². The number of fused-ring (bicyclic) bond motifs is 2. The van der Waals surface area contributed by atoms with E-state index in [1.165, 1.54) is 82.7 Å². The van der Waals surface area contributed by atoms with Crippen LogP contribution in [0.5, 0.6) is 0 Å². The first-order chi connectivity index (χ1) is 22.3. The molecule has 8 heteroatoms. The van der Waals surface area contributed by atoms with Crippen molar-refractivity contribution in [2.24, 2.45) is 28.6 Å². The molecule has 1 aromatic rings. The first-order valence-electron chi connectivity index (χ1n) is 19.2. The third-order valence-corrected chi connectivity index (χ3v) is 11.1. The number of aryl methyl sites for hydroxylation is 2. The van der Waals surface area contributed by atoms with Gasteiger partial charge in [0.25, 0.3) is 0 Å². The topological polar surface area (TPSA) is 87.5 Å². The molecule has 1 heterocycles. The van der Waals surface area contributed by atoms with Gasteiger partial charge in [-0.1, -0.05) is 72.4 Å². The number of carbonyl (C=O) groups is 1. The highest BCUT2D eigenvalue weighted by Crippen LogP contribution is 2.56. The summed E-state index contributed by atoms with van der Waals surface area (Å²) in [5, 5.41) is 12.0. The van der Waals surface area contributed by atoms with Gasteiger partial charge in [0.15, 0.2) is 0 Å². The summed E-state index contributed by atoms with van der Waals surface area (Å²) in [6.07, 6.45) is 19.2. The van der Waals surface area contributed by atoms with Crippen molar-refractivity contribution in [3.8, 4) is 0 Å². The van der Waals surface area contributed by atoms with E-state index in [0.29, 0.717) is 63.4 Å². The van der Waals surface area contributed by atoms with E-state index in [2.05, 4.69) is 57.2 Å². The molecule has 0 bridgehead atoms. The third-order valence-electron chi connectivity index (χ3n) is 11.1. The Labute approximate surface area is 281 Å². The zero-order chi connectivity index (χ0) is 33.3. The summed E-state index contributed by atoms with van der Waals surface area (Å²) in [5.74, 6) is 2.69. The summed E-state index contributed by atoms with van der Waals surface area (Å²) in [7, 11) is 0. The van der Waals surface area contributed by atoms with Crippen molar-refractivity contribution in [1.82, 2.24) is 20.3 Å². The van der Waals surface area contributed by atoms with Gasteiger partial charge in [0, 0.05) is 19.6 Å². The summed E-state index contributed by atoms with van der Waals surface area (Å²) in [4.78, 5) is 12.5. The molecular formula is C38H70N4O4. The second-order valence-electron chi connectivity index (χ2n) is 15.1. The minimum absolute atomic E-state index is 0.0330. The van der Waals surface area contributed by atoms with Crippen molar-refractivity contribution in [2.45, 2.75) is 151 Å². The molecule has 3 rings (SSSR count). The molecule has 1 amide bonds. The predicted molar refractivity (Wildman–Crippen MR) is 187 cm³/mol. The van der Waals surface area contributed by atoms with Gasteiger partial charge in [-0.3, -0.25) is 4.79 Å². The standard InChI is InChI=1S/C38H70N4O4/c1-7-17-37(5,18-8-2)21-15-33-31-11-13-34-35(14-12-32(31)33)42(41-40-34)24-16-36(43)39-23-26-45-28-30-46-29-27-44-25-22-38(6,19-9-3)20-10-4/h31-33H,7-30H2,1-6H3,(H,39,43). The Morgan fingerprint density at radius 3 is 1.91 bits per heavy atom. The lowest BCUT2D eigenvalue weighted by Gasteiger charge is -2.29. The zero-order valence-electron chi connectivity index (χ0n) is 30.7. The number of nitrogens with zero attached hydrogens (tertiary/aromatic N) is 3. The van der Waals surface area contributed by atoms with E-state index in [4.69, 9.17) is 14.2 Å². The van der Waals surface area contributed by atoms with Crippen LogP contribution in [0.25, 0.3) is 0 Å². The first-order valence-corrected chi connectivity index (χ1v) is 19.2. The normalized spacial score (nSPS) is 19.7. The van der Waals surface area contributed by atoms with E-state index in [-0.39, 0.29) is 5.91 Å². The van der Waals surface area contributed by atoms with Crippen LogP contribution in [0, 0.1) is 28.6 Å². The molecule has 1 N–H and O–H groups in total. The van der Waals surface area contributed by atoms with Gasteiger partial charge in [-0.2, -0.15) is 0 Å². The number of rotatable bonds is 26. The average Bonchev–Trinajstić information content (AvgIpc) is 3.52. The molecule has 1 saturated carbocycles. The molecular weight excluding hydrogens is 576 g/mol. The maximum absolute atomic E-state index is 12.5. The van der Waals surface area contributed by atoms with Gasteiger partial charge in [0.05, 0.1) is 51.0 Å². The molecule has 266 valence electrons. The van der Waals surface area contributed by atoms with Crippen LogP contribution in [0.1, 0.15) is 143 Å². The molecule has 1 fully saturated rings. The summed E-state index contributed by atoms with van der Waals surface area (Å²) >= 11 is 0. The van der Waals surface area contributed by atoms with Gasteiger partial charge in [-0.25, -0.2) is 4.68 Å². The molecule has 46 heavy (non-hydrogen) atoms. The van der Waals surface area contributed by atoms with E-state index in [9.17, 15) is 4.79 Å². The molecule has 3 atom stereocenters. The van der Waals surface area contributed by atoms with Crippen molar-refractivity contribution >= 4 is 5.91 Å². The Kier molecular flexibility index (Phi) is 17.6. The second kappa shape index (κ2) is 20.8. The summed E-state index contributed by atoms with van der Waals surface area (Å²) in [6.45, 7) is 18.7. The van der Waals surface area contributed by atoms with Crippen molar-refractivity contribution in [3.63, 3.8) is 0 Å². The van der Waals surface area contributed by atoms with E-state index in [1.54, 1.807) is 0 Å². The number of nitrogens with one attached hydrogen (secondary N) is 1. The second-order valence-corrected chi connectivity index (χ2v) is 15.1. The Hall–Kier alpha value is -1.51. The fourth-order valence-corrected chi connectivity index (χ4v) is 8.53. The number of ether oxygens (including phenoxy) is 3. The lowest BCUT2D eigenvalue weighted by atomic mass is 9.77. The fourth-order valence-electron chi connectivity index (χ4n) is 8.53. The minimum atomic E-state index is 0.0330. The molecule has 3 unspecified atom stereocenters. The number of carbonyl (C=O) groups excluding carboxylic acids is 1. The van der Waals surface area contributed by atoms with Gasteiger partial charge < -0.3 is 19.5 Å². The average molecular weight is 647 g/mol. The number of hydrogen-bond donors (Lipinski definition) is 1. The molecule has 0 saturated heterocycles. The van der Waals surface area contributed by atoms with Crippen molar-refractivity contribution in [1.29, 1.82) is 0 Å². The van der Waals surface area contributed by atoms with Gasteiger partial charge >= 0.3 is 0 Å². The highest BCUT2D eigenvalue weighted by molar-refractivity contribution is 5.75. The number of aromatic nitrogens is 3. The lowest BCUT2D eigenvalue weighted by molar-refractivity contribution is -0.121. The van der Waals surface area contributed by atoms with Gasteiger partial charge in [0.2, 0.25) is 5.91 Å². The molecule has 0 radical (unpaired) electrons. The SMILES string of the molecule is CCCC(C)(CCC)CCOCCOCCOCCNC(=O)CCn1nnc2c1CCC1C(CC2)C1CCC(C)(CCC)CCC. The lowest BCUT2D eigenvalue weighted by Crippen LogP contribution is -2.28. The minimum Gasteiger partial charge on any atom is -0.379 e. The Morgan fingerprint density at radius 2 is 1.30 bits per heavy atom. The van der Waals surface area contributed by atoms with E-state index >= 15 is 0 Å². The van der Waals surface area contributed by atoms with E-state index < -0.39 is 0 Å². The fraction of sp³-hybridized carbons (Fsp3) is 0.921. The molecule has 0 aromatic carbocycles. The van der Waals surface area contributed by atoms with Crippen molar-refractivity contribution < 1.29 is 19.0 Å². The molecule has 0 aliphatic heterocycles. The monoisotopic (exact) mass is 647 g/mol. The molecule has 0 spiro atoms. The van der Waals surface area contributed by atoms with Crippen LogP contribution in [0.15, 0.2) is 0 Å². The maximum Gasteiger partial charge on any atom is 0.221 e. The smallest absolute Gasteiger partial charge is 0.221 e. The van der Waals surface area contributed by atoms with Crippen LogP contribution < -0.4 is 5.32 Å². The highest BCUT2D eigenvalue weighted by Gasteiger charge is 2.49. The van der Waals surface area contributed by atoms with Crippen molar-refractivity contribution in [2.75, 3.05) is 46.2 Å². The third kappa shape index (κ3) is 13.2. The van der Waals surface area contributed by atoms with Crippen LogP contribution in [-0.4, -0.2) is 67.1 Å². The zero-order valence-corrected chi connectivity index (χ0v) is 30.7. The molecule has 1 aromatic heterocycles. The van der Waals surface area contributed by atoms with E-state index in [1.807, 2.05) is 4.68 Å².